The van der Waals surface area contributed by atoms with Gasteiger partial charge in [-0.2, -0.15) is 0 Å². The Hall–Kier alpha value is -1.35. The van der Waals surface area contributed by atoms with E-state index in [1.165, 1.54) is 24.0 Å². The third-order valence-corrected chi connectivity index (χ3v) is 5.53. The summed E-state index contributed by atoms with van der Waals surface area (Å²) in [6.07, 6.45) is 5.46. The molecule has 2 aromatic rings. The number of nitrogens with zero attached hydrogens (tertiary/aromatic N) is 2. The number of aliphatic imine (C=N–C) groups is 1. The molecule has 0 unspecified atom stereocenters. The van der Waals surface area contributed by atoms with Gasteiger partial charge in [0.25, 0.3) is 0 Å². The fourth-order valence-electron chi connectivity index (χ4n) is 3.40. The second-order valence-electron chi connectivity index (χ2n) is 6.64. The second kappa shape index (κ2) is 10.8. The lowest BCUT2D eigenvalue weighted by Gasteiger charge is -2.20. The van der Waals surface area contributed by atoms with Crippen LogP contribution in [0.4, 0.5) is 0 Å². The fraction of sp³-hybridized carbons (Fsp3) is 0.500. The second-order valence-corrected chi connectivity index (χ2v) is 7.70. The van der Waals surface area contributed by atoms with Gasteiger partial charge in [0.2, 0.25) is 0 Å². The van der Waals surface area contributed by atoms with Gasteiger partial charge in [-0.3, -0.25) is 0 Å². The van der Waals surface area contributed by atoms with E-state index in [4.69, 9.17) is 4.99 Å². The Bertz CT molecular complexity index is 775. The molecule has 148 valence electrons. The average Bonchev–Trinajstić information content (AvgIpc) is 3.06. The van der Waals surface area contributed by atoms with E-state index in [0.717, 1.165) is 54.6 Å². The highest BCUT2D eigenvalue weighted by Gasteiger charge is 2.16. The number of thiazole rings is 1. The third kappa shape index (κ3) is 6.07. The van der Waals surface area contributed by atoms with Crippen LogP contribution in [0.15, 0.2) is 22.5 Å². The van der Waals surface area contributed by atoms with Gasteiger partial charge in [-0.1, -0.05) is 6.07 Å². The van der Waals surface area contributed by atoms with Gasteiger partial charge in [-0.05, 0) is 56.7 Å². The van der Waals surface area contributed by atoms with Crippen LogP contribution in [0.3, 0.4) is 0 Å². The van der Waals surface area contributed by atoms with E-state index in [1.807, 2.05) is 13.0 Å². The summed E-state index contributed by atoms with van der Waals surface area (Å²) in [5, 5.41) is 20.2. The number of guanidine groups is 1. The van der Waals surface area contributed by atoms with Crippen molar-refractivity contribution >= 4 is 41.3 Å². The number of hydrogen-bond donors (Lipinski definition) is 3. The number of phenolic OH excluding ortho intramolecular Hbond substituents is 1. The molecule has 0 bridgehead atoms. The van der Waals surface area contributed by atoms with E-state index in [2.05, 4.69) is 34.0 Å². The first-order valence-electron chi connectivity index (χ1n) is 9.43. The van der Waals surface area contributed by atoms with Crippen molar-refractivity contribution in [3.05, 3.63) is 44.9 Å². The molecule has 0 saturated carbocycles. The Balaban J connectivity index is 0.00000261. The van der Waals surface area contributed by atoms with Gasteiger partial charge in [-0.15, -0.1) is 35.3 Å². The minimum atomic E-state index is 0. The van der Waals surface area contributed by atoms with E-state index in [1.54, 1.807) is 11.3 Å². The summed E-state index contributed by atoms with van der Waals surface area (Å²) in [5.41, 5.74) is 4.77. The van der Waals surface area contributed by atoms with Crippen molar-refractivity contribution in [2.45, 2.75) is 52.5 Å². The summed E-state index contributed by atoms with van der Waals surface area (Å²) < 4.78 is 0. The van der Waals surface area contributed by atoms with Crippen LogP contribution < -0.4 is 10.6 Å². The summed E-state index contributed by atoms with van der Waals surface area (Å²) in [5.74, 6) is 1.15. The maximum atomic E-state index is 10.3. The molecule has 0 fully saturated rings. The van der Waals surface area contributed by atoms with Gasteiger partial charge in [0.05, 0.1) is 17.2 Å². The molecule has 0 atom stereocenters. The molecule has 5 nitrogen and oxygen atoms in total. The minimum absolute atomic E-state index is 0. The van der Waals surface area contributed by atoms with E-state index < -0.39 is 0 Å². The lowest BCUT2D eigenvalue weighted by molar-refractivity contribution is 0.465. The molecule has 0 radical (unpaired) electrons. The molecule has 0 saturated heterocycles. The van der Waals surface area contributed by atoms with Gasteiger partial charge >= 0.3 is 0 Å². The molecule has 1 heterocycles. The zero-order valence-corrected chi connectivity index (χ0v) is 19.2. The lowest BCUT2D eigenvalue weighted by atomic mass is 9.88. The predicted octanol–water partition coefficient (Wildman–Crippen LogP) is 3.95. The zero-order chi connectivity index (χ0) is 18.4. The van der Waals surface area contributed by atoms with Crippen LogP contribution in [0.5, 0.6) is 5.75 Å². The molecule has 7 heteroatoms. The molecule has 0 spiro atoms. The van der Waals surface area contributed by atoms with E-state index in [0.29, 0.717) is 12.3 Å². The first-order chi connectivity index (χ1) is 12.7. The molecular weight excluding hydrogens is 471 g/mol. The first kappa shape index (κ1) is 21.9. The molecule has 1 aliphatic carbocycles. The van der Waals surface area contributed by atoms with E-state index in [9.17, 15) is 5.11 Å². The topological polar surface area (TPSA) is 69.5 Å². The van der Waals surface area contributed by atoms with Crippen molar-refractivity contribution in [1.29, 1.82) is 0 Å². The predicted molar refractivity (Wildman–Crippen MR) is 124 cm³/mol. The molecule has 0 amide bonds. The van der Waals surface area contributed by atoms with Gasteiger partial charge in [0.1, 0.15) is 5.75 Å². The maximum Gasteiger partial charge on any atom is 0.191 e. The SMILES string of the molecule is CCNC(=NCc1c(O)ccc2c1CCCC2)NCCc1csc(C)n1.I. The monoisotopic (exact) mass is 500 g/mol. The van der Waals surface area contributed by atoms with Crippen molar-refractivity contribution in [2.24, 2.45) is 4.99 Å². The number of hydrogen-bond acceptors (Lipinski definition) is 4. The van der Waals surface area contributed by atoms with Gasteiger partial charge in [0.15, 0.2) is 5.96 Å². The lowest BCUT2D eigenvalue weighted by Crippen LogP contribution is -2.38. The van der Waals surface area contributed by atoms with E-state index >= 15 is 0 Å². The van der Waals surface area contributed by atoms with Crippen LogP contribution in [0.2, 0.25) is 0 Å². The molecule has 27 heavy (non-hydrogen) atoms. The number of aromatic hydroxyl groups is 1. The molecule has 0 aliphatic heterocycles. The van der Waals surface area contributed by atoms with Gasteiger partial charge < -0.3 is 15.7 Å². The average molecular weight is 500 g/mol. The van der Waals surface area contributed by atoms with Gasteiger partial charge in [-0.25, -0.2) is 9.98 Å². The summed E-state index contributed by atoms with van der Waals surface area (Å²) in [7, 11) is 0. The summed E-state index contributed by atoms with van der Waals surface area (Å²) in [6.45, 7) is 6.18. The van der Waals surface area contributed by atoms with Crippen LogP contribution >= 0.6 is 35.3 Å². The van der Waals surface area contributed by atoms with Crippen molar-refractivity contribution < 1.29 is 5.11 Å². The molecular formula is C20H29IN4OS. The summed E-state index contributed by atoms with van der Waals surface area (Å²) >= 11 is 1.68. The molecule has 1 aromatic carbocycles. The number of halogens is 1. The Labute approximate surface area is 182 Å². The smallest absolute Gasteiger partial charge is 0.191 e. The molecule has 3 rings (SSSR count). The van der Waals surface area contributed by atoms with Crippen molar-refractivity contribution in [3.63, 3.8) is 0 Å². The van der Waals surface area contributed by atoms with Crippen LogP contribution in [0, 0.1) is 6.92 Å². The molecule has 1 aromatic heterocycles. The highest BCUT2D eigenvalue weighted by atomic mass is 127. The minimum Gasteiger partial charge on any atom is -0.508 e. The Kier molecular flexibility index (Phi) is 8.82. The Morgan fingerprint density at radius 2 is 2.07 bits per heavy atom. The Morgan fingerprint density at radius 3 is 2.81 bits per heavy atom. The highest BCUT2D eigenvalue weighted by molar-refractivity contribution is 14.0. The number of phenols is 1. The maximum absolute atomic E-state index is 10.3. The third-order valence-electron chi connectivity index (χ3n) is 4.71. The van der Waals surface area contributed by atoms with Crippen LogP contribution in [0.1, 0.15) is 47.2 Å². The highest BCUT2D eigenvalue weighted by Crippen LogP contribution is 2.31. The number of aromatic nitrogens is 1. The first-order valence-corrected chi connectivity index (χ1v) is 10.3. The summed E-state index contributed by atoms with van der Waals surface area (Å²) in [4.78, 5) is 9.20. The van der Waals surface area contributed by atoms with Crippen molar-refractivity contribution in [2.75, 3.05) is 13.1 Å². The number of benzene rings is 1. The number of nitrogens with one attached hydrogen (secondary N) is 2. The van der Waals surface area contributed by atoms with Crippen LogP contribution in [0.25, 0.3) is 0 Å². The van der Waals surface area contributed by atoms with Crippen LogP contribution in [-0.2, 0) is 25.8 Å². The normalized spacial score (nSPS) is 13.6. The van der Waals surface area contributed by atoms with E-state index in [-0.39, 0.29) is 24.0 Å². The fourth-order valence-corrected chi connectivity index (χ4v) is 4.05. The largest absolute Gasteiger partial charge is 0.508 e. The van der Waals surface area contributed by atoms with Crippen LogP contribution in [-0.4, -0.2) is 29.1 Å². The summed E-state index contributed by atoms with van der Waals surface area (Å²) in [6, 6.07) is 3.89. The number of rotatable bonds is 6. The van der Waals surface area contributed by atoms with Gasteiger partial charge in [0, 0.05) is 30.5 Å². The number of aryl methyl sites for hydroxylation is 2. The molecule has 3 N–H and O–H groups in total. The van der Waals surface area contributed by atoms with Crippen molar-refractivity contribution in [1.82, 2.24) is 15.6 Å². The molecule has 1 aliphatic rings. The number of fused-ring (bicyclic) bond motifs is 1. The van der Waals surface area contributed by atoms with Crippen molar-refractivity contribution in [3.8, 4) is 5.75 Å². The Morgan fingerprint density at radius 1 is 1.26 bits per heavy atom. The zero-order valence-electron chi connectivity index (χ0n) is 16.0. The standard InChI is InChI=1S/C20H28N4OS.HI/c1-3-21-20(22-11-10-16-13-26-14(2)24-16)23-12-18-17-7-5-4-6-15(17)8-9-19(18)25;/h8-9,13,25H,3-7,10-12H2,1-2H3,(H2,21,22,23);1H. The quantitative estimate of drug-likeness (QED) is 0.319.